The third-order valence-corrected chi connectivity index (χ3v) is 5.91. The predicted molar refractivity (Wildman–Crippen MR) is 134 cm³/mol. The van der Waals surface area contributed by atoms with Crippen molar-refractivity contribution in [1.82, 2.24) is 10.2 Å². The maximum atomic E-state index is 12.6. The molecule has 11 nitrogen and oxygen atoms in total. The molecule has 36 heavy (non-hydrogen) atoms. The number of nitrogens with zero attached hydrogens (tertiary/aromatic N) is 4. The molecule has 3 heterocycles. The number of amides is 1. The number of carbonyl (C=O) groups is 2. The lowest BCUT2D eigenvalue weighted by molar-refractivity contribution is -0.119. The van der Waals surface area contributed by atoms with Gasteiger partial charge in [0.2, 0.25) is 0 Å². The number of morpholine rings is 1. The molecule has 0 saturated carbocycles. The van der Waals surface area contributed by atoms with Crippen LogP contribution in [0, 0.1) is 0 Å². The van der Waals surface area contributed by atoms with Crippen molar-refractivity contribution in [2.45, 2.75) is 26.7 Å². The smallest absolute Gasteiger partial charge is 0.359 e. The Morgan fingerprint density at radius 2 is 1.67 bits per heavy atom. The number of aromatic nitrogens is 2. The van der Waals surface area contributed by atoms with E-state index in [0.29, 0.717) is 43.6 Å². The Labute approximate surface area is 210 Å². The van der Waals surface area contributed by atoms with Gasteiger partial charge in [0.1, 0.15) is 11.5 Å². The predicted octanol–water partition coefficient (Wildman–Crippen LogP) is 2.51. The fraction of sp³-hybridized carbons (Fsp3) is 0.520. The first-order valence-corrected chi connectivity index (χ1v) is 12.4. The van der Waals surface area contributed by atoms with E-state index in [1.165, 1.54) is 0 Å². The second kappa shape index (κ2) is 12.4. The molecule has 194 valence electrons. The number of nitrogens with one attached hydrogen (secondary N) is 1. The summed E-state index contributed by atoms with van der Waals surface area (Å²) in [5.74, 6) is 0.644. The molecule has 1 N–H and O–H groups in total. The van der Waals surface area contributed by atoms with Crippen LogP contribution in [0.3, 0.4) is 0 Å². The zero-order valence-corrected chi connectivity index (χ0v) is 20.8. The first-order valence-electron chi connectivity index (χ1n) is 12.4. The number of rotatable bonds is 10. The number of carbonyl (C=O) groups excluding carboxylic acids is 2. The Kier molecular flexibility index (Phi) is 8.77. The van der Waals surface area contributed by atoms with E-state index in [0.717, 1.165) is 50.5 Å². The molecule has 2 saturated heterocycles. The van der Waals surface area contributed by atoms with Gasteiger partial charge in [0.25, 0.3) is 5.91 Å². The largest absolute Gasteiger partial charge is 0.492 e. The van der Waals surface area contributed by atoms with Crippen LogP contribution in [0.25, 0.3) is 0 Å². The molecule has 0 spiro atoms. The van der Waals surface area contributed by atoms with Crippen molar-refractivity contribution >= 4 is 29.1 Å². The van der Waals surface area contributed by atoms with Gasteiger partial charge in [0, 0.05) is 38.3 Å². The maximum Gasteiger partial charge on any atom is 0.359 e. The van der Waals surface area contributed by atoms with E-state index >= 15 is 0 Å². The average molecular weight is 500 g/mol. The maximum absolute atomic E-state index is 12.6. The lowest BCUT2D eigenvalue weighted by Gasteiger charge is -2.31. The van der Waals surface area contributed by atoms with Crippen molar-refractivity contribution in [2.75, 3.05) is 74.3 Å². The lowest BCUT2D eigenvalue weighted by atomic mass is 10.2. The lowest BCUT2D eigenvalue weighted by Crippen LogP contribution is -2.36. The minimum Gasteiger partial charge on any atom is -0.492 e. The summed E-state index contributed by atoms with van der Waals surface area (Å²) in [5.41, 5.74) is 1.37. The highest BCUT2D eigenvalue weighted by atomic mass is 16.5. The quantitative estimate of drug-likeness (QED) is 0.489. The topological polar surface area (TPSA) is 115 Å². The van der Waals surface area contributed by atoms with Crippen molar-refractivity contribution in [3.8, 4) is 11.5 Å². The highest BCUT2D eigenvalue weighted by Crippen LogP contribution is 2.39. The van der Waals surface area contributed by atoms with Crippen LogP contribution in [-0.2, 0) is 14.3 Å². The number of anilines is 3. The molecule has 2 aromatic rings. The number of hydrogen-bond acceptors (Lipinski definition) is 10. The molecule has 0 bridgehead atoms. The van der Waals surface area contributed by atoms with Gasteiger partial charge in [-0.15, -0.1) is 10.2 Å². The zero-order chi connectivity index (χ0) is 25.3. The standard InChI is InChI=1S/C25H33N5O6/c1-3-34-21-16-20(29-11-13-33-14-12-29)22(35-4-2)15-19(21)26-24(31)17-36-25(32)18-7-8-23(28-27-18)30-9-5-6-10-30/h7-8,15-16H,3-6,9-14,17H2,1-2H3,(H,26,31). The Balaban J connectivity index is 1.40. The Morgan fingerprint density at radius 1 is 0.944 bits per heavy atom. The number of ether oxygens (including phenoxy) is 4. The summed E-state index contributed by atoms with van der Waals surface area (Å²) < 4.78 is 22.3. The van der Waals surface area contributed by atoms with Gasteiger partial charge in [-0.05, 0) is 38.8 Å². The molecule has 0 aliphatic carbocycles. The van der Waals surface area contributed by atoms with E-state index in [1.807, 2.05) is 19.9 Å². The molecule has 11 heteroatoms. The van der Waals surface area contributed by atoms with Gasteiger partial charge >= 0.3 is 5.97 Å². The molecule has 0 atom stereocenters. The number of hydrogen-bond donors (Lipinski definition) is 1. The van der Waals surface area contributed by atoms with Gasteiger partial charge in [0.05, 0.1) is 37.8 Å². The second-order valence-corrected chi connectivity index (χ2v) is 8.38. The van der Waals surface area contributed by atoms with Crippen LogP contribution >= 0.6 is 0 Å². The normalized spacial score (nSPS) is 15.5. The SMILES string of the molecule is CCOc1cc(N2CCOCC2)c(OCC)cc1NC(=O)COC(=O)c1ccc(N2CCCC2)nn1. The summed E-state index contributed by atoms with van der Waals surface area (Å²) in [7, 11) is 0. The van der Waals surface area contributed by atoms with Gasteiger partial charge in [-0.2, -0.15) is 0 Å². The molecular weight excluding hydrogens is 466 g/mol. The summed E-state index contributed by atoms with van der Waals surface area (Å²) in [6, 6.07) is 6.90. The van der Waals surface area contributed by atoms with E-state index < -0.39 is 18.5 Å². The van der Waals surface area contributed by atoms with Crippen LogP contribution in [0.1, 0.15) is 37.2 Å². The van der Waals surface area contributed by atoms with Gasteiger partial charge in [-0.1, -0.05) is 0 Å². The van der Waals surface area contributed by atoms with Crippen LogP contribution < -0.4 is 24.6 Å². The zero-order valence-electron chi connectivity index (χ0n) is 20.8. The summed E-state index contributed by atoms with van der Waals surface area (Å²) in [4.78, 5) is 29.3. The van der Waals surface area contributed by atoms with Gasteiger partial charge < -0.3 is 34.1 Å². The highest BCUT2D eigenvalue weighted by molar-refractivity contribution is 5.96. The van der Waals surface area contributed by atoms with Crippen LogP contribution in [0.2, 0.25) is 0 Å². The van der Waals surface area contributed by atoms with Gasteiger partial charge in [-0.25, -0.2) is 4.79 Å². The van der Waals surface area contributed by atoms with E-state index in [2.05, 4.69) is 25.3 Å². The highest BCUT2D eigenvalue weighted by Gasteiger charge is 2.21. The Hall–Kier alpha value is -3.60. The molecular formula is C25H33N5O6. The van der Waals surface area contributed by atoms with E-state index in [1.54, 1.807) is 18.2 Å². The molecule has 0 radical (unpaired) electrons. The third-order valence-electron chi connectivity index (χ3n) is 5.91. The minimum atomic E-state index is -0.715. The molecule has 1 aromatic heterocycles. The number of benzene rings is 1. The summed E-state index contributed by atoms with van der Waals surface area (Å²) >= 11 is 0. The Bertz CT molecular complexity index is 1040. The van der Waals surface area contributed by atoms with Crippen molar-refractivity contribution in [2.24, 2.45) is 0 Å². The molecule has 1 aromatic carbocycles. The molecule has 2 fully saturated rings. The van der Waals surface area contributed by atoms with Crippen molar-refractivity contribution in [1.29, 1.82) is 0 Å². The molecule has 2 aliphatic heterocycles. The first-order chi connectivity index (χ1) is 17.6. The Morgan fingerprint density at radius 3 is 2.33 bits per heavy atom. The monoisotopic (exact) mass is 499 g/mol. The van der Waals surface area contributed by atoms with Crippen molar-refractivity contribution in [3.05, 3.63) is 30.0 Å². The minimum absolute atomic E-state index is 0.0502. The third kappa shape index (κ3) is 6.34. The van der Waals surface area contributed by atoms with Crippen LogP contribution in [0.4, 0.5) is 17.2 Å². The summed E-state index contributed by atoms with van der Waals surface area (Å²) in [5, 5.41) is 10.8. The first kappa shape index (κ1) is 25.5. The second-order valence-electron chi connectivity index (χ2n) is 8.38. The fourth-order valence-corrected chi connectivity index (χ4v) is 4.18. The molecule has 4 rings (SSSR count). The summed E-state index contributed by atoms with van der Waals surface area (Å²) in [6.45, 7) is 8.76. The van der Waals surface area contributed by atoms with Crippen LogP contribution in [-0.4, -0.2) is 81.3 Å². The van der Waals surface area contributed by atoms with Crippen LogP contribution in [0.15, 0.2) is 24.3 Å². The summed E-state index contributed by atoms with van der Waals surface area (Å²) in [6.07, 6.45) is 2.24. The number of esters is 1. The van der Waals surface area contributed by atoms with Crippen molar-refractivity contribution < 1.29 is 28.5 Å². The van der Waals surface area contributed by atoms with Crippen LogP contribution in [0.5, 0.6) is 11.5 Å². The molecule has 2 aliphatic rings. The van der Waals surface area contributed by atoms with Gasteiger partial charge in [0.15, 0.2) is 18.1 Å². The van der Waals surface area contributed by atoms with E-state index in [4.69, 9.17) is 18.9 Å². The van der Waals surface area contributed by atoms with Crippen molar-refractivity contribution in [3.63, 3.8) is 0 Å². The van der Waals surface area contributed by atoms with Gasteiger partial charge in [-0.3, -0.25) is 4.79 Å². The van der Waals surface area contributed by atoms with E-state index in [-0.39, 0.29) is 5.69 Å². The molecule has 1 amide bonds. The molecule has 0 unspecified atom stereocenters. The average Bonchev–Trinajstić information content (AvgIpc) is 3.45. The fourth-order valence-electron chi connectivity index (χ4n) is 4.18. The van der Waals surface area contributed by atoms with E-state index in [9.17, 15) is 9.59 Å².